The number of anilines is 1. The summed E-state index contributed by atoms with van der Waals surface area (Å²) in [4.78, 5) is 39.7. The standard InChI is InChI=1S/C28H31Cl2N5O3/c1-34(2)12-4-6-28(37)35-17-22(33-38-18-19-7-9-24(29)25(30)13-19)15-23(35)16-27(36)32-21-8-10-26-20(14-21)5-3-11-31-26/h3,5,7-11,13-14,23H,4,6,12,15-18H2,1-2H3,(H,32,36)/t23-/m0/s1. The molecule has 1 atom stereocenters. The van der Waals surface area contributed by atoms with Crippen molar-refractivity contribution in [3.63, 3.8) is 0 Å². The second kappa shape index (κ2) is 13.0. The molecule has 10 heteroatoms. The summed E-state index contributed by atoms with van der Waals surface area (Å²) in [6.45, 7) is 1.37. The van der Waals surface area contributed by atoms with Crippen LogP contribution in [-0.4, -0.2) is 65.5 Å². The minimum absolute atomic E-state index is 0.0103. The molecular formula is C28H31Cl2N5O3. The molecule has 1 saturated heterocycles. The third-order valence-corrected chi connectivity index (χ3v) is 7.04. The zero-order valence-electron chi connectivity index (χ0n) is 21.5. The van der Waals surface area contributed by atoms with E-state index in [1.807, 2.05) is 55.4 Å². The van der Waals surface area contributed by atoms with E-state index in [4.69, 9.17) is 28.0 Å². The van der Waals surface area contributed by atoms with Crippen molar-refractivity contribution < 1.29 is 14.4 Å². The largest absolute Gasteiger partial charge is 0.391 e. The van der Waals surface area contributed by atoms with Gasteiger partial charge in [-0.2, -0.15) is 0 Å². The molecule has 1 aromatic heterocycles. The van der Waals surface area contributed by atoms with Gasteiger partial charge in [0, 0.05) is 42.6 Å². The van der Waals surface area contributed by atoms with Crippen LogP contribution in [0.25, 0.3) is 10.9 Å². The van der Waals surface area contributed by atoms with Crippen LogP contribution in [0.15, 0.2) is 59.9 Å². The van der Waals surface area contributed by atoms with Crippen LogP contribution in [0.5, 0.6) is 0 Å². The first kappa shape index (κ1) is 27.8. The van der Waals surface area contributed by atoms with E-state index in [0.717, 1.165) is 35.1 Å². The molecule has 4 rings (SSSR count). The Bertz CT molecular complexity index is 1330. The van der Waals surface area contributed by atoms with Gasteiger partial charge >= 0.3 is 0 Å². The van der Waals surface area contributed by atoms with Crippen LogP contribution in [0.1, 0.15) is 31.2 Å². The summed E-state index contributed by atoms with van der Waals surface area (Å²) in [6, 6.07) is 14.4. The number of fused-ring (bicyclic) bond motifs is 1. The molecule has 1 aliphatic rings. The van der Waals surface area contributed by atoms with Crippen molar-refractivity contribution in [2.24, 2.45) is 5.16 Å². The number of nitrogens with zero attached hydrogens (tertiary/aromatic N) is 4. The van der Waals surface area contributed by atoms with Crippen molar-refractivity contribution in [2.75, 3.05) is 32.5 Å². The number of pyridine rings is 1. The molecule has 0 bridgehead atoms. The van der Waals surface area contributed by atoms with E-state index in [2.05, 4.69) is 15.5 Å². The van der Waals surface area contributed by atoms with Gasteiger partial charge in [-0.15, -0.1) is 0 Å². The Hall–Kier alpha value is -3.20. The Morgan fingerprint density at radius 1 is 1.16 bits per heavy atom. The van der Waals surface area contributed by atoms with Gasteiger partial charge in [-0.1, -0.05) is 40.5 Å². The fourth-order valence-corrected chi connectivity index (χ4v) is 4.73. The molecule has 1 N–H and O–H groups in total. The van der Waals surface area contributed by atoms with Crippen molar-refractivity contribution in [3.05, 3.63) is 70.3 Å². The molecule has 0 unspecified atom stereocenters. The molecule has 1 fully saturated rings. The van der Waals surface area contributed by atoms with E-state index in [9.17, 15) is 9.59 Å². The van der Waals surface area contributed by atoms with Gasteiger partial charge in [0.2, 0.25) is 11.8 Å². The highest BCUT2D eigenvalue weighted by Gasteiger charge is 2.34. The zero-order valence-corrected chi connectivity index (χ0v) is 23.0. The van der Waals surface area contributed by atoms with E-state index < -0.39 is 0 Å². The first-order chi connectivity index (χ1) is 18.3. The first-order valence-corrected chi connectivity index (χ1v) is 13.2. The minimum atomic E-state index is -0.295. The Labute approximate surface area is 232 Å². The lowest BCUT2D eigenvalue weighted by molar-refractivity contribution is -0.132. The van der Waals surface area contributed by atoms with Gasteiger partial charge in [-0.05, 0) is 69.0 Å². The number of rotatable bonds is 10. The molecule has 38 heavy (non-hydrogen) atoms. The number of aromatic nitrogens is 1. The number of carbonyl (C=O) groups is 2. The lowest BCUT2D eigenvalue weighted by atomic mass is 10.1. The van der Waals surface area contributed by atoms with Crippen LogP contribution < -0.4 is 5.32 Å². The number of oxime groups is 1. The molecule has 0 saturated carbocycles. The smallest absolute Gasteiger partial charge is 0.226 e. The van der Waals surface area contributed by atoms with Crippen LogP contribution in [-0.2, 0) is 21.0 Å². The average Bonchev–Trinajstić information content (AvgIpc) is 3.28. The van der Waals surface area contributed by atoms with Gasteiger partial charge in [-0.25, -0.2) is 0 Å². The molecule has 2 heterocycles. The van der Waals surface area contributed by atoms with Crippen molar-refractivity contribution in [1.29, 1.82) is 0 Å². The summed E-state index contributed by atoms with van der Waals surface area (Å²) in [6.07, 6.45) is 3.52. The minimum Gasteiger partial charge on any atom is -0.391 e. The summed E-state index contributed by atoms with van der Waals surface area (Å²) >= 11 is 12.1. The van der Waals surface area contributed by atoms with Crippen molar-refractivity contribution >= 4 is 57.3 Å². The highest BCUT2D eigenvalue weighted by Crippen LogP contribution is 2.24. The van der Waals surface area contributed by atoms with Crippen molar-refractivity contribution in [1.82, 2.24) is 14.8 Å². The number of nitrogens with one attached hydrogen (secondary N) is 1. The number of likely N-dealkylation sites (tertiary alicyclic amines) is 1. The molecular weight excluding hydrogens is 525 g/mol. The Balaban J connectivity index is 1.40. The maximum absolute atomic E-state index is 13.1. The normalized spacial score (nSPS) is 16.4. The second-order valence-electron chi connectivity index (χ2n) is 9.63. The van der Waals surface area contributed by atoms with E-state index in [-0.39, 0.29) is 30.9 Å². The maximum Gasteiger partial charge on any atom is 0.226 e. The van der Waals surface area contributed by atoms with Crippen LogP contribution >= 0.6 is 23.2 Å². The number of benzene rings is 2. The van der Waals surface area contributed by atoms with Crippen LogP contribution in [0.3, 0.4) is 0 Å². The van der Waals surface area contributed by atoms with Crippen LogP contribution in [0.2, 0.25) is 10.0 Å². The predicted molar refractivity (Wildman–Crippen MR) is 152 cm³/mol. The molecule has 200 valence electrons. The number of carbonyl (C=O) groups excluding carboxylic acids is 2. The second-order valence-corrected chi connectivity index (χ2v) is 10.4. The highest BCUT2D eigenvalue weighted by atomic mass is 35.5. The van der Waals surface area contributed by atoms with Gasteiger partial charge < -0.3 is 20.0 Å². The lowest BCUT2D eigenvalue weighted by Crippen LogP contribution is -2.38. The summed E-state index contributed by atoms with van der Waals surface area (Å²) < 4.78 is 0. The molecule has 0 spiro atoms. The van der Waals surface area contributed by atoms with Crippen molar-refractivity contribution in [2.45, 2.75) is 38.3 Å². The summed E-state index contributed by atoms with van der Waals surface area (Å²) in [5.74, 6) is -0.154. The van der Waals surface area contributed by atoms with E-state index in [0.29, 0.717) is 35.1 Å². The van der Waals surface area contributed by atoms with Crippen LogP contribution in [0.4, 0.5) is 5.69 Å². The maximum atomic E-state index is 13.1. The lowest BCUT2D eigenvalue weighted by Gasteiger charge is -2.24. The van der Waals surface area contributed by atoms with Gasteiger partial charge in [0.25, 0.3) is 0 Å². The monoisotopic (exact) mass is 555 g/mol. The SMILES string of the molecule is CN(C)CCCC(=O)N1CC(=NOCc2ccc(Cl)c(Cl)c2)C[C@H]1CC(=O)Nc1ccc2ncccc2c1. The Kier molecular flexibility index (Phi) is 9.55. The fraction of sp³-hybridized carbons (Fsp3) is 0.357. The number of hydrogen-bond donors (Lipinski definition) is 1. The zero-order chi connectivity index (χ0) is 27.1. The quantitative estimate of drug-likeness (QED) is 0.339. The molecule has 0 aliphatic carbocycles. The molecule has 3 aromatic rings. The van der Waals surface area contributed by atoms with E-state index in [1.165, 1.54) is 0 Å². The predicted octanol–water partition coefficient (Wildman–Crippen LogP) is 5.39. The average molecular weight is 556 g/mol. The Morgan fingerprint density at radius 2 is 2.00 bits per heavy atom. The number of amides is 2. The summed E-state index contributed by atoms with van der Waals surface area (Å²) in [5, 5.41) is 9.11. The fourth-order valence-electron chi connectivity index (χ4n) is 4.41. The Morgan fingerprint density at radius 3 is 2.79 bits per heavy atom. The van der Waals surface area contributed by atoms with Gasteiger partial charge in [-0.3, -0.25) is 14.6 Å². The van der Waals surface area contributed by atoms with E-state index >= 15 is 0 Å². The van der Waals surface area contributed by atoms with Gasteiger partial charge in [0.1, 0.15) is 6.61 Å². The number of halogens is 2. The van der Waals surface area contributed by atoms with Gasteiger partial charge in [0.05, 0.1) is 27.8 Å². The molecule has 1 aliphatic heterocycles. The topological polar surface area (TPSA) is 87.1 Å². The third kappa shape index (κ3) is 7.66. The summed E-state index contributed by atoms with van der Waals surface area (Å²) in [7, 11) is 3.96. The molecule has 2 amide bonds. The highest BCUT2D eigenvalue weighted by molar-refractivity contribution is 6.42. The van der Waals surface area contributed by atoms with Crippen LogP contribution in [0, 0.1) is 0 Å². The molecule has 0 radical (unpaired) electrons. The van der Waals surface area contributed by atoms with E-state index in [1.54, 1.807) is 23.2 Å². The first-order valence-electron chi connectivity index (χ1n) is 12.5. The number of hydrogen-bond acceptors (Lipinski definition) is 6. The summed E-state index contributed by atoms with van der Waals surface area (Å²) in [5.41, 5.74) is 3.11. The van der Waals surface area contributed by atoms with Crippen molar-refractivity contribution in [3.8, 4) is 0 Å². The molecule has 2 aromatic carbocycles. The third-order valence-electron chi connectivity index (χ3n) is 6.30. The van der Waals surface area contributed by atoms with Gasteiger partial charge in [0.15, 0.2) is 0 Å². The molecule has 8 nitrogen and oxygen atoms in total.